The molecule has 0 aromatic carbocycles. The van der Waals surface area contributed by atoms with Crippen LogP contribution in [0.2, 0.25) is 0 Å². The van der Waals surface area contributed by atoms with Gasteiger partial charge in [-0.1, -0.05) is 26.5 Å². The van der Waals surface area contributed by atoms with Crippen LogP contribution in [0.3, 0.4) is 0 Å². The zero-order chi connectivity index (χ0) is 13.5. The summed E-state index contributed by atoms with van der Waals surface area (Å²) in [5.41, 5.74) is 0. The lowest BCUT2D eigenvalue weighted by Crippen LogP contribution is -2.31. The molecule has 1 atom stereocenters. The van der Waals surface area contributed by atoms with E-state index in [1.807, 2.05) is 13.8 Å². The van der Waals surface area contributed by atoms with Crippen LogP contribution in [0.25, 0.3) is 0 Å². The molecule has 0 saturated carbocycles. The van der Waals surface area contributed by atoms with Gasteiger partial charge in [-0.2, -0.15) is 0 Å². The molecule has 0 radical (unpaired) electrons. The Hall–Kier alpha value is -1.52. The minimum atomic E-state index is -0.394. The number of rotatable bonds is 5. The maximum atomic E-state index is 11.7. The third kappa shape index (κ3) is 4.39. The molecular formula is C13H21NO4. The van der Waals surface area contributed by atoms with Crippen molar-refractivity contribution >= 4 is 12.1 Å². The van der Waals surface area contributed by atoms with Gasteiger partial charge in [0.1, 0.15) is 6.61 Å². The number of hydrogen-bond donors (Lipinski definition) is 0. The van der Waals surface area contributed by atoms with Gasteiger partial charge in [0.2, 0.25) is 0 Å². The second kappa shape index (κ2) is 7.03. The Kier molecular flexibility index (Phi) is 5.68. The van der Waals surface area contributed by atoms with Crippen molar-refractivity contribution in [1.82, 2.24) is 4.90 Å². The van der Waals surface area contributed by atoms with Crippen LogP contribution in [0.4, 0.5) is 4.79 Å². The molecule has 1 heterocycles. The number of likely N-dealkylation sites (tertiary alicyclic amines) is 1. The first-order valence-electron chi connectivity index (χ1n) is 6.23. The van der Waals surface area contributed by atoms with Gasteiger partial charge in [0, 0.05) is 13.1 Å². The Balaban J connectivity index is 2.33. The van der Waals surface area contributed by atoms with Gasteiger partial charge in [-0.25, -0.2) is 4.79 Å². The minimum absolute atomic E-state index is 0.192. The van der Waals surface area contributed by atoms with Crippen molar-refractivity contribution < 1.29 is 19.1 Å². The van der Waals surface area contributed by atoms with E-state index < -0.39 is 6.09 Å². The summed E-state index contributed by atoms with van der Waals surface area (Å²) in [5.74, 6) is -0.119. The lowest BCUT2D eigenvalue weighted by Gasteiger charge is -2.15. The number of ether oxygens (including phenoxy) is 2. The average molecular weight is 255 g/mol. The molecule has 18 heavy (non-hydrogen) atoms. The van der Waals surface area contributed by atoms with Crippen LogP contribution >= 0.6 is 0 Å². The molecule has 1 amide bonds. The summed E-state index contributed by atoms with van der Waals surface area (Å²) in [6.45, 7) is 8.99. The number of amides is 1. The molecule has 0 aromatic heterocycles. The summed E-state index contributed by atoms with van der Waals surface area (Å²) >= 11 is 0. The first kappa shape index (κ1) is 14.5. The fourth-order valence-electron chi connectivity index (χ4n) is 1.71. The van der Waals surface area contributed by atoms with E-state index in [0.29, 0.717) is 32.0 Å². The number of nitrogens with zero attached hydrogens (tertiary/aromatic N) is 1. The van der Waals surface area contributed by atoms with E-state index in [0.717, 1.165) is 0 Å². The molecule has 1 saturated heterocycles. The third-order valence-electron chi connectivity index (χ3n) is 2.66. The maximum absolute atomic E-state index is 11.7. The average Bonchev–Trinajstić information content (AvgIpc) is 2.82. The Morgan fingerprint density at radius 3 is 2.78 bits per heavy atom. The van der Waals surface area contributed by atoms with Gasteiger partial charge in [-0.3, -0.25) is 4.79 Å². The summed E-state index contributed by atoms with van der Waals surface area (Å²) in [5, 5.41) is 0. The normalized spacial score (nSPS) is 18.8. The predicted molar refractivity (Wildman–Crippen MR) is 67.0 cm³/mol. The van der Waals surface area contributed by atoms with E-state index in [1.54, 1.807) is 0 Å². The smallest absolute Gasteiger partial charge is 0.410 e. The molecule has 0 bridgehead atoms. The van der Waals surface area contributed by atoms with Crippen LogP contribution in [-0.2, 0) is 14.3 Å². The van der Waals surface area contributed by atoms with E-state index in [1.165, 1.54) is 11.0 Å². The quantitative estimate of drug-likeness (QED) is 0.555. The SMILES string of the molecule is C=CCOC(=O)N1CCC(C(=O)OCC(C)C)C1. The lowest BCUT2D eigenvalue weighted by molar-refractivity contribution is -0.149. The summed E-state index contributed by atoms with van der Waals surface area (Å²) < 4.78 is 10.1. The minimum Gasteiger partial charge on any atom is -0.465 e. The van der Waals surface area contributed by atoms with Crippen molar-refractivity contribution in [2.75, 3.05) is 26.3 Å². The standard InChI is InChI=1S/C13H21NO4/c1-4-7-17-13(16)14-6-5-11(8-14)12(15)18-9-10(2)3/h4,10-11H,1,5-9H2,2-3H3. The highest BCUT2D eigenvalue weighted by molar-refractivity contribution is 5.75. The zero-order valence-electron chi connectivity index (χ0n) is 11.1. The van der Waals surface area contributed by atoms with Gasteiger partial charge in [0.15, 0.2) is 0 Å². The van der Waals surface area contributed by atoms with Crippen molar-refractivity contribution in [2.45, 2.75) is 20.3 Å². The molecule has 5 nitrogen and oxygen atoms in total. The fourth-order valence-corrected chi connectivity index (χ4v) is 1.71. The molecule has 1 aliphatic rings. The van der Waals surface area contributed by atoms with E-state index in [2.05, 4.69) is 6.58 Å². The van der Waals surface area contributed by atoms with Gasteiger partial charge in [-0.05, 0) is 12.3 Å². The highest BCUT2D eigenvalue weighted by Gasteiger charge is 2.32. The fraction of sp³-hybridized carbons (Fsp3) is 0.692. The van der Waals surface area contributed by atoms with Crippen molar-refractivity contribution in [3.05, 3.63) is 12.7 Å². The number of carbonyl (C=O) groups excluding carboxylic acids is 2. The Bertz CT molecular complexity index is 314. The van der Waals surface area contributed by atoms with Crippen molar-refractivity contribution in [3.8, 4) is 0 Å². The monoisotopic (exact) mass is 255 g/mol. The van der Waals surface area contributed by atoms with E-state index in [4.69, 9.17) is 9.47 Å². The molecule has 1 fully saturated rings. The molecule has 0 spiro atoms. The molecule has 102 valence electrons. The topological polar surface area (TPSA) is 55.8 Å². The number of hydrogen-bond acceptors (Lipinski definition) is 4. The third-order valence-corrected chi connectivity index (χ3v) is 2.66. The molecular weight excluding hydrogens is 234 g/mol. The molecule has 0 aromatic rings. The second-order valence-electron chi connectivity index (χ2n) is 4.82. The van der Waals surface area contributed by atoms with Gasteiger partial charge in [0.05, 0.1) is 12.5 Å². The van der Waals surface area contributed by atoms with Crippen LogP contribution in [-0.4, -0.2) is 43.3 Å². The number of carbonyl (C=O) groups is 2. The van der Waals surface area contributed by atoms with Crippen LogP contribution in [0, 0.1) is 11.8 Å². The summed E-state index contributed by atoms with van der Waals surface area (Å²) in [6, 6.07) is 0. The lowest BCUT2D eigenvalue weighted by atomic mass is 10.1. The van der Waals surface area contributed by atoms with Crippen LogP contribution in [0.5, 0.6) is 0 Å². The summed E-state index contributed by atoms with van der Waals surface area (Å²) in [4.78, 5) is 24.8. The molecule has 5 heteroatoms. The van der Waals surface area contributed by atoms with Crippen LogP contribution < -0.4 is 0 Å². The Morgan fingerprint density at radius 2 is 2.17 bits per heavy atom. The van der Waals surface area contributed by atoms with Crippen LogP contribution in [0.1, 0.15) is 20.3 Å². The number of esters is 1. The summed E-state index contributed by atoms with van der Waals surface area (Å²) in [7, 11) is 0. The Morgan fingerprint density at radius 1 is 1.44 bits per heavy atom. The van der Waals surface area contributed by atoms with Crippen molar-refractivity contribution in [1.29, 1.82) is 0 Å². The highest BCUT2D eigenvalue weighted by Crippen LogP contribution is 2.18. The largest absolute Gasteiger partial charge is 0.465 e. The van der Waals surface area contributed by atoms with E-state index in [9.17, 15) is 9.59 Å². The van der Waals surface area contributed by atoms with E-state index in [-0.39, 0.29) is 18.5 Å². The van der Waals surface area contributed by atoms with Gasteiger partial charge < -0.3 is 14.4 Å². The van der Waals surface area contributed by atoms with Gasteiger partial charge in [0.25, 0.3) is 0 Å². The highest BCUT2D eigenvalue weighted by atomic mass is 16.6. The molecule has 1 rings (SSSR count). The van der Waals surface area contributed by atoms with E-state index >= 15 is 0 Å². The first-order valence-corrected chi connectivity index (χ1v) is 6.23. The Labute approximate surface area is 108 Å². The van der Waals surface area contributed by atoms with Gasteiger partial charge in [-0.15, -0.1) is 0 Å². The molecule has 0 aliphatic carbocycles. The maximum Gasteiger partial charge on any atom is 0.410 e. The first-order chi connectivity index (χ1) is 8.54. The predicted octanol–water partition coefficient (Wildman–Crippen LogP) is 1.83. The molecule has 1 aliphatic heterocycles. The second-order valence-corrected chi connectivity index (χ2v) is 4.82. The summed E-state index contributed by atoms with van der Waals surface area (Å²) in [6.07, 6.45) is 1.76. The van der Waals surface area contributed by atoms with Crippen molar-refractivity contribution in [3.63, 3.8) is 0 Å². The van der Waals surface area contributed by atoms with Crippen LogP contribution in [0.15, 0.2) is 12.7 Å². The molecule has 0 N–H and O–H groups in total. The van der Waals surface area contributed by atoms with Gasteiger partial charge >= 0.3 is 12.1 Å². The zero-order valence-corrected chi connectivity index (χ0v) is 11.1. The van der Waals surface area contributed by atoms with Crippen molar-refractivity contribution in [2.24, 2.45) is 11.8 Å². The molecule has 1 unspecified atom stereocenters.